The predicted octanol–water partition coefficient (Wildman–Crippen LogP) is 0.939. The maximum Gasteiger partial charge on any atom is 0.356 e. The first-order valence-corrected chi connectivity index (χ1v) is 4.93. The van der Waals surface area contributed by atoms with E-state index in [1.165, 1.54) is 12.1 Å². The Morgan fingerprint density at radius 1 is 1.47 bits per heavy atom. The van der Waals surface area contributed by atoms with Gasteiger partial charge in [0, 0.05) is 12.1 Å². The number of rotatable bonds is 3. The van der Waals surface area contributed by atoms with Gasteiger partial charge in [-0.2, -0.15) is 0 Å². The second-order valence-electron chi connectivity index (χ2n) is 3.47. The Hall–Kier alpha value is -2.34. The molecule has 0 aliphatic rings. The molecule has 0 amide bonds. The van der Waals surface area contributed by atoms with Crippen molar-refractivity contribution < 1.29 is 15.0 Å². The number of carboxylic acid groups (broad SMARTS) is 1. The fourth-order valence-electron chi connectivity index (χ4n) is 1.52. The summed E-state index contributed by atoms with van der Waals surface area (Å²) in [6.07, 6.45) is 0. The first-order valence-electron chi connectivity index (χ1n) is 4.93. The number of phenols is 1. The van der Waals surface area contributed by atoms with Crippen molar-refractivity contribution >= 4 is 5.97 Å². The molecule has 0 bridgehead atoms. The van der Waals surface area contributed by atoms with Gasteiger partial charge in [-0.15, -0.1) is 0 Å². The molecule has 0 fully saturated rings. The molecule has 0 saturated carbocycles. The molecule has 6 nitrogen and oxygen atoms in total. The highest BCUT2D eigenvalue weighted by Gasteiger charge is 2.16. The SMILES string of the molecule is NCc1[nH]c(-c2cccc(O)c2)nc1C(=O)O. The van der Waals surface area contributed by atoms with Crippen LogP contribution in [0, 0.1) is 0 Å². The van der Waals surface area contributed by atoms with Gasteiger partial charge >= 0.3 is 5.97 Å². The molecule has 1 aromatic heterocycles. The predicted molar refractivity (Wildman–Crippen MR) is 60.5 cm³/mol. The first kappa shape index (κ1) is 11.2. The smallest absolute Gasteiger partial charge is 0.356 e. The molecule has 5 N–H and O–H groups in total. The highest BCUT2D eigenvalue weighted by atomic mass is 16.4. The lowest BCUT2D eigenvalue weighted by Crippen LogP contribution is -2.06. The number of carbonyl (C=O) groups is 1. The largest absolute Gasteiger partial charge is 0.508 e. The summed E-state index contributed by atoms with van der Waals surface area (Å²) >= 11 is 0. The number of hydrogen-bond donors (Lipinski definition) is 4. The van der Waals surface area contributed by atoms with Crippen LogP contribution in [0.3, 0.4) is 0 Å². The van der Waals surface area contributed by atoms with Crippen LogP contribution in [0.2, 0.25) is 0 Å². The number of imidazole rings is 1. The van der Waals surface area contributed by atoms with E-state index in [2.05, 4.69) is 9.97 Å². The summed E-state index contributed by atoms with van der Waals surface area (Å²) in [5, 5.41) is 18.3. The molecule has 0 atom stereocenters. The van der Waals surface area contributed by atoms with E-state index in [1.807, 2.05) is 0 Å². The van der Waals surface area contributed by atoms with Crippen LogP contribution in [0.5, 0.6) is 5.75 Å². The standard InChI is InChI=1S/C11H11N3O3/c12-5-8-9(11(16)17)14-10(13-8)6-2-1-3-7(15)4-6/h1-4,15H,5,12H2,(H,13,14)(H,16,17). The first-order chi connectivity index (χ1) is 8.11. The molecule has 17 heavy (non-hydrogen) atoms. The Morgan fingerprint density at radius 2 is 2.24 bits per heavy atom. The van der Waals surface area contributed by atoms with Gasteiger partial charge in [0.25, 0.3) is 0 Å². The fraction of sp³-hybridized carbons (Fsp3) is 0.0909. The molecule has 0 spiro atoms. The zero-order chi connectivity index (χ0) is 12.4. The van der Waals surface area contributed by atoms with Crippen LogP contribution < -0.4 is 5.73 Å². The number of aromatic nitrogens is 2. The summed E-state index contributed by atoms with van der Waals surface area (Å²) in [6.45, 7) is 0.0629. The number of nitrogens with one attached hydrogen (secondary N) is 1. The van der Waals surface area contributed by atoms with Crippen LogP contribution in [-0.4, -0.2) is 26.2 Å². The number of benzene rings is 1. The summed E-state index contributed by atoms with van der Waals surface area (Å²) in [6, 6.07) is 6.37. The van der Waals surface area contributed by atoms with Crippen molar-refractivity contribution in [1.82, 2.24) is 9.97 Å². The van der Waals surface area contributed by atoms with Crippen molar-refractivity contribution in [2.75, 3.05) is 0 Å². The lowest BCUT2D eigenvalue weighted by Gasteiger charge is -1.97. The van der Waals surface area contributed by atoms with Crippen molar-refractivity contribution in [1.29, 1.82) is 0 Å². The highest BCUT2D eigenvalue weighted by molar-refractivity contribution is 5.87. The van der Waals surface area contributed by atoms with Crippen molar-refractivity contribution in [3.8, 4) is 17.1 Å². The summed E-state index contributed by atoms with van der Waals surface area (Å²) in [7, 11) is 0. The van der Waals surface area contributed by atoms with Gasteiger partial charge in [-0.25, -0.2) is 9.78 Å². The van der Waals surface area contributed by atoms with Gasteiger partial charge in [0.15, 0.2) is 5.69 Å². The van der Waals surface area contributed by atoms with E-state index in [-0.39, 0.29) is 18.0 Å². The van der Waals surface area contributed by atoms with Crippen molar-refractivity contribution in [2.45, 2.75) is 6.54 Å². The lowest BCUT2D eigenvalue weighted by molar-refractivity contribution is 0.0690. The third-order valence-corrected chi connectivity index (χ3v) is 2.31. The molecule has 6 heteroatoms. The van der Waals surface area contributed by atoms with Gasteiger partial charge in [0.05, 0.1) is 5.69 Å². The van der Waals surface area contributed by atoms with E-state index < -0.39 is 5.97 Å². The van der Waals surface area contributed by atoms with Gasteiger partial charge in [-0.05, 0) is 12.1 Å². The Morgan fingerprint density at radius 3 is 2.76 bits per heavy atom. The molecule has 1 heterocycles. The van der Waals surface area contributed by atoms with Gasteiger partial charge in [-0.3, -0.25) is 0 Å². The molecular weight excluding hydrogens is 222 g/mol. The molecule has 0 radical (unpaired) electrons. The van der Waals surface area contributed by atoms with E-state index in [1.54, 1.807) is 12.1 Å². The normalized spacial score (nSPS) is 10.4. The Labute approximate surface area is 96.7 Å². The minimum absolute atomic E-state index is 0.0629. The molecule has 1 aromatic carbocycles. The number of aromatic hydroxyl groups is 1. The molecule has 2 rings (SSSR count). The van der Waals surface area contributed by atoms with Crippen molar-refractivity contribution in [3.63, 3.8) is 0 Å². The zero-order valence-corrected chi connectivity index (χ0v) is 8.84. The number of hydrogen-bond acceptors (Lipinski definition) is 4. The van der Waals surface area contributed by atoms with Crippen LogP contribution >= 0.6 is 0 Å². The molecule has 0 saturated heterocycles. The average molecular weight is 233 g/mol. The summed E-state index contributed by atoms with van der Waals surface area (Å²) < 4.78 is 0. The van der Waals surface area contributed by atoms with Gasteiger partial charge in [-0.1, -0.05) is 12.1 Å². The number of H-pyrrole nitrogens is 1. The van der Waals surface area contributed by atoms with Crippen LogP contribution in [0.4, 0.5) is 0 Å². The lowest BCUT2D eigenvalue weighted by atomic mass is 10.2. The maximum atomic E-state index is 10.9. The van der Waals surface area contributed by atoms with E-state index >= 15 is 0 Å². The number of aromatic amines is 1. The molecule has 0 aliphatic carbocycles. The number of aromatic carboxylic acids is 1. The molecule has 88 valence electrons. The van der Waals surface area contributed by atoms with E-state index in [9.17, 15) is 9.90 Å². The number of carboxylic acids is 1. The molecule has 0 aliphatic heterocycles. The Kier molecular flexibility index (Phi) is 2.80. The van der Waals surface area contributed by atoms with Crippen LogP contribution in [-0.2, 0) is 6.54 Å². The topological polar surface area (TPSA) is 112 Å². The maximum absolute atomic E-state index is 10.9. The summed E-state index contributed by atoms with van der Waals surface area (Å²) in [5.74, 6) is -0.670. The van der Waals surface area contributed by atoms with Crippen molar-refractivity contribution in [3.05, 3.63) is 35.7 Å². The minimum Gasteiger partial charge on any atom is -0.508 e. The van der Waals surface area contributed by atoms with Gasteiger partial charge in [0.2, 0.25) is 0 Å². The minimum atomic E-state index is -1.13. The van der Waals surface area contributed by atoms with E-state index in [0.717, 1.165) is 0 Å². The zero-order valence-electron chi connectivity index (χ0n) is 8.84. The van der Waals surface area contributed by atoms with Crippen LogP contribution in [0.15, 0.2) is 24.3 Å². The third-order valence-electron chi connectivity index (χ3n) is 2.31. The second kappa shape index (κ2) is 4.26. The second-order valence-corrected chi connectivity index (χ2v) is 3.47. The summed E-state index contributed by atoms with van der Waals surface area (Å²) in [4.78, 5) is 17.7. The fourth-order valence-corrected chi connectivity index (χ4v) is 1.52. The highest BCUT2D eigenvalue weighted by Crippen LogP contribution is 2.22. The van der Waals surface area contributed by atoms with Crippen molar-refractivity contribution in [2.24, 2.45) is 5.73 Å². The van der Waals surface area contributed by atoms with E-state index in [4.69, 9.17) is 10.8 Å². The Bertz CT molecular complexity index is 563. The number of nitrogens with two attached hydrogens (primary N) is 1. The van der Waals surface area contributed by atoms with Crippen LogP contribution in [0.1, 0.15) is 16.2 Å². The summed E-state index contributed by atoms with van der Waals surface area (Å²) in [5.41, 5.74) is 6.30. The monoisotopic (exact) mass is 233 g/mol. The Balaban J connectivity index is 2.50. The number of phenolic OH excluding ortho intramolecular Hbond substituents is 1. The molecule has 0 unspecified atom stereocenters. The quantitative estimate of drug-likeness (QED) is 0.630. The van der Waals surface area contributed by atoms with Crippen LogP contribution in [0.25, 0.3) is 11.4 Å². The third kappa shape index (κ3) is 2.11. The molecule has 2 aromatic rings. The average Bonchev–Trinajstić information content (AvgIpc) is 2.73. The molecular formula is C11H11N3O3. The van der Waals surface area contributed by atoms with E-state index in [0.29, 0.717) is 17.1 Å². The van der Waals surface area contributed by atoms with Gasteiger partial charge in [0.1, 0.15) is 11.6 Å². The number of nitrogens with zero attached hydrogens (tertiary/aromatic N) is 1. The van der Waals surface area contributed by atoms with Gasteiger partial charge < -0.3 is 20.9 Å².